The summed E-state index contributed by atoms with van der Waals surface area (Å²) in [5, 5.41) is 6.40. The summed E-state index contributed by atoms with van der Waals surface area (Å²) in [6.07, 6.45) is 2.93. The molecule has 3 aromatic rings. The molecule has 0 radical (unpaired) electrons. The van der Waals surface area contributed by atoms with Crippen LogP contribution in [0.25, 0.3) is 6.08 Å². The number of rotatable bonds is 7. The lowest BCUT2D eigenvalue weighted by atomic mass is 10.1. The lowest BCUT2D eigenvalue weighted by Gasteiger charge is -2.11. The van der Waals surface area contributed by atoms with Crippen LogP contribution < -0.4 is 14.8 Å². The number of methoxy groups -OCH3 is 1. The van der Waals surface area contributed by atoms with Gasteiger partial charge in [-0.3, -0.25) is 4.79 Å². The van der Waals surface area contributed by atoms with E-state index in [1.54, 1.807) is 36.4 Å². The number of hydrogen-bond acceptors (Lipinski definition) is 5. The molecule has 1 amide bonds. The van der Waals surface area contributed by atoms with Gasteiger partial charge in [0.25, 0.3) is 0 Å². The van der Waals surface area contributed by atoms with Gasteiger partial charge in [0.2, 0.25) is 5.91 Å². The number of para-hydroxylation sites is 1. The number of ether oxygens (including phenoxy) is 2. The Bertz CT molecular complexity index is 1020. The molecule has 2 aromatic carbocycles. The van der Waals surface area contributed by atoms with Crippen molar-refractivity contribution in [1.29, 1.82) is 0 Å². The van der Waals surface area contributed by atoms with E-state index >= 15 is 0 Å². The predicted octanol–water partition coefficient (Wildman–Crippen LogP) is 4.67. The molecular formula is C22H21FN2O4. The zero-order valence-corrected chi connectivity index (χ0v) is 16.4. The maximum absolute atomic E-state index is 13.6. The fraction of sp³-hybridized carbons (Fsp3) is 0.182. The van der Waals surface area contributed by atoms with Gasteiger partial charge in [-0.2, -0.15) is 0 Å². The second-order valence-corrected chi connectivity index (χ2v) is 6.30. The Labute approximate surface area is 167 Å². The Morgan fingerprint density at radius 1 is 1.21 bits per heavy atom. The highest BCUT2D eigenvalue weighted by atomic mass is 19.1. The summed E-state index contributed by atoms with van der Waals surface area (Å²) in [5.74, 6) is 0.860. The highest BCUT2D eigenvalue weighted by Crippen LogP contribution is 2.30. The molecule has 0 bridgehead atoms. The van der Waals surface area contributed by atoms with Gasteiger partial charge in [0, 0.05) is 6.08 Å². The van der Waals surface area contributed by atoms with Gasteiger partial charge < -0.3 is 19.3 Å². The molecule has 0 aliphatic carbocycles. The maximum atomic E-state index is 13.6. The molecule has 29 heavy (non-hydrogen) atoms. The summed E-state index contributed by atoms with van der Waals surface area (Å²) in [5.41, 5.74) is 2.53. The second kappa shape index (κ2) is 9.05. The normalized spacial score (nSPS) is 10.9. The molecule has 0 aliphatic heterocycles. The molecule has 0 fully saturated rings. The minimum Gasteiger partial charge on any atom is -0.493 e. The number of carbonyl (C=O) groups is 1. The van der Waals surface area contributed by atoms with E-state index < -0.39 is 11.7 Å². The molecule has 1 heterocycles. The van der Waals surface area contributed by atoms with E-state index in [-0.39, 0.29) is 5.69 Å². The first-order valence-corrected chi connectivity index (χ1v) is 8.94. The van der Waals surface area contributed by atoms with E-state index in [1.165, 1.54) is 25.3 Å². The van der Waals surface area contributed by atoms with Gasteiger partial charge in [-0.05, 0) is 49.8 Å². The number of nitrogens with one attached hydrogen (secondary N) is 1. The first-order valence-electron chi connectivity index (χ1n) is 8.94. The van der Waals surface area contributed by atoms with Crippen molar-refractivity contribution in [3.8, 4) is 11.5 Å². The first kappa shape index (κ1) is 20.1. The van der Waals surface area contributed by atoms with Crippen molar-refractivity contribution in [3.05, 3.63) is 76.9 Å². The average molecular weight is 396 g/mol. The summed E-state index contributed by atoms with van der Waals surface area (Å²) in [6, 6.07) is 11.3. The molecule has 150 valence electrons. The van der Waals surface area contributed by atoms with Crippen molar-refractivity contribution in [2.75, 3.05) is 12.4 Å². The summed E-state index contributed by atoms with van der Waals surface area (Å²) in [7, 11) is 1.54. The number of nitrogens with zero attached hydrogens (tertiary/aromatic N) is 1. The molecule has 3 rings (SSSR count). The van der Waals surface area contributed by atoms with Crippen molar-refractivity contribution in [3.63, 3.8) is 0 Å². The van der Waals surface area contributed by atoms with Crippen LogP contribution in [0.5, 0.6) is 11.5 Å². The van der Waals surface area contributed by atoms with E-state index in [0.29, 0.717) is 23.9 Å². The van der Waals surface area contributed by atoms with Crippen LogP contribution in [-0.2, 0) is 11.4 Å². The highest BCUT2D eigenvalue weighted by molar-refractivity contribution is 6.02. The van der Waals surface area contributed by atoms with Crippen LogP contribution in [0, 0.1) is 19.7 Å². The summed E-state index contributed by atoms with van der Waals surface area (Å²) >= 11 is 0. The maximum Gasteiger partial charge on any atom is 0.248 e. The Kier molecular flexibility index (Phi) is 6.29. The largest absolute Gasteiger partial charge is 0.493 e. The summed E-state index contributed by atoms with van der Waals surface area (Å²) in [4.78, 5) is 12.0. The fourth-order valence-electron chi connectivity index (χ4n) is 2.67. The second-order valence-electron chi connectivity index (χ2n) is 6.30. The number of anilines is 1. The minimum atomic E-state index is -0.490. The number of amides is 1. The Balaban J connectivity index is 1.67. The molecule has 0 saturated heterocycles. The van der Waals surface area contributed by atoms with E-state index in [1.807, 2.05) is 13.8 Å². The molecule has 1 N–H and O–H groups in total. The highest BCUT2D eigenvalue weighted by Gasteiger charge is 2.12. The monoisotopic (exact) mass is 396 g/mol. The Morgan fingerprint density at radius 3 is 2.69 bits per heavy atom. The van der Waals surface area contributed by atoms with Crippen LogP contribution in [0.4, 0.5) is 10.1 Å². The van der Waals surface area contributed by atoms with Crippen LogP contribution in [0.15, 0.2) is 53.1 Å². The number of aryl methyl sites for hydroxylation is 2. The van der Waals surface area contributed by atoms with Crippen molar-refractivity contribution in [2.45, 2.75) is 20.5 Å². The SMILES string of the molecule is COc1cc(/C=C/C(=O)Nc2ccccc2F)ccc1OCc1c(C)noc1C. The standard InChI is InChI=1S/C22H21FN2O4/c1-14-17(15(2)29-25-14)13-28-20-10-8-16(12-21(20)27-3)9-11-22(26)24-19-7-5-4-6-18(19)23/h4-12H,13H2,1-3H3,(H,24,26)/b11-9+. The number of hydrogen-bond donors (Lipinski definition) is 1. The Morgan fingerprint density at radius 2 is 2.00 bits per heavy atom. The summed E-state index contributed by atoms with van der Waals surface area (Å²) in [6.45, 7) is 3.99. The van der Waals surface area contributed by atoms with Crippen molar-refractivity contribution in [1.82, 2.24) is 5.16 Å². The number of aromatic nitrogens is 1. The van der Waals surface area contributed by atoms with Gasteiger partial charge >= 0.3 is 0 Å². The van der Waals surface area contributed by atoms with Crippen LogP contribution in [0.3, 0.4) is 0 Å². The molecular weight excluding hydrogens is 375 g/mol. The number of carbonyl (C=O) groups excluding carboxylic acids is 1. The predicted molar refractivity (Wildman–Crippen MR) is 107 cm³/mol. The fourth-order valence-corrected chi connectivity index (χ4v) is 2.67. The third kappa shape index (κ3) is 5.01. The molecule has 0 saturated carbocycles. The third-order valence-electron chi connectivity index (χ3n) is 4.30. The molecule has 6 nitrogen and oxygen atoms in total. The zero-order valence-electron chi connectivity index (χ0n) is 16.4. The summed E-state index contributed by atoms with van der Waals surface area (Å²) < 4.78 is 30.0. The van der Waals surface area contributed by atoms with Crippen molar-refractivity contribution in [2.24, 2.45) is 0 Å². The molecule has 0 aliphatic rings. The van der Waals surface area contributed by atoms with Crippen LogP contribution in [-0.4, -0.2) is 18.2 Å². The number of halogens is 1. The minimum absolute atomic E-state index is 0.128. The molecule has 1 aromatic heterocycles. The Hall–Kier alpha value is -3.61. The molecule has 0 atom stereocenters. The van der Waals surface area contributed by atoms with Gasteiger partial charge in [0.15, 0.2) is 11.5 Å². The van der Waals surface area contributed by atoms with E-state index in [9.17, 15) is 9.18 Å². The lowest BCUT2D eigenvalue weighted by Crippen LogP contribution is -2.09. The zero-order chi connectivity index (χ0) is 20.8. The van der Waals surface area contributed by atoms with Crippen molar-refractivity contribution >= 4 is 17.7 Å². The molecule has 0 unspecified atom stereocenters. The van der Waals surface area contributed by atoms with Crippen LogP contribution in [0.2, 0.25) is 0 Å². The van der Waals surface area contributed by atoms with Gasteiger partial charge in [0.05, 0.1) is 24.1 Å². The topological polar surface area (TPSA) is 73.6 Å². The smallest absolute Gasteiger partial charge is 0.248 e. The molecule has 0 spiro atoms. The average Bonchev–Trinajstić information content (AvgIpc) is 3.04. The van der Waals surface area contributed by atoms with Gasteiger partial charge in [0.1, 0.15) is 18.2 Å². The van der Waals surface area contributed by atoms with E-state index in [2.05, 4.69) is 10.5 Å². The van der Waals surface area contributed by atoms with Crippen LogP contribution in [0.1, 0.15) is 22.6 Å². The number of benzene rings is 2. The first-order chi connectivity index (χ1) is 14.0. The van der Waals surface area contributed by atoms with Crippen molar-refractivity contribution < 1.29 is 23.2 Å². The van der Waals surface area contributed by atoms with Gasteiger partial charge in [-0.1, -0.05) is 23.4 Å². The van der Waals surface area contributed by atoms with Crippen LogP contribution >= 0.6 is 0 Å². The van der Waals surface area contributed by atoms with Gasteiger partial charge in [-0.25, -0.2) is 4.39 Å². The lowest BCUT2D eigenvalue weighted by molar-refractivity contribution is -0.111. The van der Waals surface area contributed by atoms with E-state index in [0.717, 1.165) is 16.8 Å². The quantitative estimate of drug-likeness (QED) is 0.588. The van der Waals surface area contributed by atoms with Gasteiger partial charge in [-0.15, -0.1) is 0 Å². The third-order valence-corrected chi connectivity index (χ3v) is 4.30. The van der Waals surface area contributed by atoms with E-state index in [4.69, 9.17) is 14.0 Å². The molecule has 7 heteroatoms.